The zero-order chi connectivity index (χ0) is 22.0. The first-order valence-electron chi connectivity index (χ1n) is 9.26. The molecule has 2 heterocycles. The molecule has 0 aliphatic carbocycles. The predicted octanol–water partition coefficient (Wildman–Crippen LogP) is 4.03. The fourth-order valence-electron chi connectivity index (χ4n) is 3.35. The van der Waals surface area contributed by atoms with E-state index in [9.17, 15) is 10.1 Å². The van der Waals surface area contributed by atoms with Gasteiger partial charge in [-0.3, -0.25) is 10.1 Å². The number of benzene rings is 2. The molecular weight excluding hydrogens is 447 g/mol. The van der Waals surface area contributed by atoms with Gasteiger partial charge in [0, 0.05) is 35.1 Å². The summed E-state index contributed by atoms with van der Waals surface area (Å²) in [5.41, 5.74) is 6.20. The molecule has 0 radical (unpaired) electrons. The second-order valence-corrected chi connectivity index (χ2v) is 7.80. The molecule has 1 saturated heterocycles. The van der Waals surface area contributed by atoms with E-state index in [4.69, 9.17) is 43.1 Å². The molecule has 0 unspecified atom stereocenters. The third-order valence-corrected chi connectivity index (χ3v) is 5.33. The van der Waals surface area contributed by atoms with Crippen molar-refractivity contribution in [2.24, 2.45) is 0 Å². The number of rotatable bonds is 7. The molecule has 1 aromatic heterocycles. The van der Waals surface area contributed by atoms with Crippen LogP contribution in [0.15, 0.2) is 55.1 Å². The lowest BCUT2D eigenvalue weighted by molar-refractivity contribution is -0.383. The maximum Gasteiger partial charge on any atom is 0.292 e. The Hall–Kier alpha value is -2.85. The second-order valence-electron chi connectivity index (χ2n) is 6.95. The summed E-state index contributed by atoms with van der Waals surface area (Å²) < 4.78 is 19.9. The molecule has 2 N–H and O–H groups in total. The van der Waals surface area contributed by atoms with E-state index < -0.39 is 16.8 Å². The maximum absolute atomic E-state index is 10.9. The van der Waals surface area contributed by atoms with Gasteiger partial charge in [0.1, 0.15) is 24.1 Å². The molecule has 0 amide bonds. The topological polar surface area (TPSA) is 115 Å². The molecule has 0 bridgehead atoms. The zero-order valence-corrected chi connectivity index (χ0v) is 17.6. The van der Waals surface area contributed by atoms with Crippen molar-refractivity contribution < 1.29 is 19.1 Å². The van der Waals surface area contributed by atoms with E-state index in [2.05, 4.69) is 4.98 Å². The molecule has 1 aliphatic rings. The van der Waals surface area contributed by atoms with E-state index in [1.165, 1.54) is 18.2 Å². The third-order valence-electron chi connectivity index (χ3n) is 4.78. The number of nitro benzene ring substituents is 1. The van der Waals surface area contributed by atoms with Crippen LogP contribution in [0.2, 0.25) is 10.0 Å². The van der Waals surface area contributed by atoms with Crippen molar-refractivity contribution in [3.05, 3.63) is 80.8 Å². The number of nitrogens with zero attached hydrogens (tertiary/aromatic N) is 3. The Morgan fingerprint density at radius 2 is 2.16 bits per heavy atom. The van der Waals surface area contributed by atoms with E-state index in [1.807, 2.05) is 4.57 Å². The zero-order valence-electron chi connectivity index (χ0n) is 16.1. The van der Waals surface area contributed by atoms with Crippen molar-refractivity contribution in [1.29, 1.82) is 0 Å². The highest BCUT2D eigenvalue weighted by Gasteiger charge is 2.45. The first kappa shape index (κ1) is 21.4. The molecule has 0 spiro atoms. The van der Waals surface area contributed by atoms with E-state index >= 15 is 0 Å². The summed E-state index contributed by atoms with van der Waals surface area (Å²) in [6, 6.07) is 9.30. The first-order chi connectivity index (χ1) is 14.9. The number of nitrogens with two attached hydrogens (primary N) is 1. The quantitative estimate of drug-likeness (QED) is 0.318. The fourth-order valence-corrected chi connectivity index (χ4v) is 3.91. The predicted molar refractivity (Wildman–Crippen MR) is 114 cm³/mol. The lowest BCUT2D eigenvalue weighted by atomic mass is 10.1. The van der Waals surface area contributed by atoms with Crippen LogP contribution in [-0.4, -0.2) is 33.8 Å². The second kappa shape index (κ2) is 8.72. The number of imidazole rings is 1. The SMILES string of the molecule is Nc1cc(OC[C@@H]2CO[C@@](Cn3ccnc3)(c3ccc(Cl)cc3Cl)O2)ccc1[N+](=O)[O-]. The Labute approximate surface area is 187 Å². The summed E-state index contributed by atoms with van der Waals surface area (Å²) in [5, 5.41) is 11.8. The highest BCUT2D eigenvalue weighted by atomic mass is 35.5. The van der Waals surface area contributed by atoms with Crippen LogP contribution < -0.4 is 10.5 Å². The molecule has 162 valence electrons. The van der Waals surface area contributed by atoms with Crippen LogP contribution >= 0.6 is 23.2 Å². The normalized spacial score (nSPS) is 20.6. The number of anilines is 1. The monoisotopic (exact) mass is 464 g/mol. The third kappa shape index (κ3) is 4.59. The van der Waals surface area contributed by atoms with Gasteiger partial charge >= 0.3 is 0 Å². The Morgan fingerprint density at radius 3 is 2.84 bits per heavy atom. The van der Waals surface area contributed by atoms with Crippen molar-refractivity contribution in [2.45, 2.75) is 18.4 Å². The highest BCUT2D eigenvalue weighted by molar-refractivity contribution is 6.35. The summed E-state index contributed by atoms with van der Waals surface area (Å²) in [6.07, 6.45) is 4.68. The van der Waals surface area contributed by atoms with E-state index in [1.54, 1.807) is 36.9 Å². The van der Waals surface area contributed by atoms with Crippen molar-refractivity contribution in [2.75, 3.05) is 18.9 Å². The Morgan fingerprint density at radius 1 is 1.32 bits per heavy atom. The maximum atomic E-state index is 10.9. The van der Waals surface area contributed by atoms with Gasteiger partial charge < -0.3 is 24.5 Å². The smallest absolute Gasteiger partial charge is 0.292 e. The van der Waals surface area contributed by atoms with Gasteiger partial charge in [0.2, 0.25) is 5.79 Å². The Bertz CT molecular complexity index is 1100. The van der Waals surface area contributed by atoms with Gasteiger partial charge in [-0.2, -0.15) is 0 Å². The minimum absolute atomic E-state index is 0.0218. The highest BCUT2D eigenvalue weighted by Crippen LogP contribution is 2.40. The van der Waals surface area contributed by atoms with Gasteiger partial charge in [-0.1, -0.05) is 29.3 Å². The molecule has 2 aromatic carbocycles. The molecule has 2 atom stereocenters. The van der Waals surface area contributed by atoms with Crippen LogP contribution in [0.5, 0.6) is 5.75 Å². The summed E-state index contributed by atoms with van der Waals surface area (Å²) in [7, 11) is 0. The van der Waals surface area contributed by atoms with Crippen LogP contribution in [0.1, 0.15) is 5.56 Å². The lowest BCUT2D eigenvalue weighted by Crippen LogP contribution is -2.34. The molecular formula is C20H18Cl2N4O5. The molecule has 31 heavy (non-hydrogen) atoms. The summed E-state index contributed by atoms with van der Waals surface area (Å²) >= 11 is 12.5. The number of ether oxygens (including phenoxy) is 3. The molecule has 1 aliphatic heterocycles. The summed E-state index contributed by atoms with van der Waals surface area (Å²) in [4.78, 5) is 14.4. The van der Waals surface area contributed by atoms with Crippen molar-refractivity contribution in [1.82, 2.24) is 9.55 Å². The fraction of sp³-hybridized carbons (Fsp3) is 0.250. The first-order valence-corrected chi connectivity index (χ1v) is 10.0. The van der Waals surface area contributed by atoms with Crippen LogP contribution in [-0.2, 0) is 21.8 Å². The van der Waals surface area contributed by atoms with Crippen molar-refractivity contribution in [3.63, 3.8) is 0 Å². The van der Waals surface area contributed by atoms with E-state index in [0.29, 0.717) is 27.9 Å². The molecule has 9 nitrogen and oxygen atoms in total. The van der Waals surface area contributed by atoms with Gasteiger partial charge in [-0.25, -0.2) is 4.98 Å². The van der Waals surface area contributed by atoms with Gasteiger partial charge in [-0.15, -0.1) is 0 Å². The van der Waals surface area contributed by atoms with Crippen molar-refractivity contribution >= 4 is 34.6 Å². The average molecular weight is 465 g/mol. The average Bonchev–Trinajstić information content (AvgIpc) is 3.37. The van der Waals surface area contributed by atoms with Gasteiger partial charge in [0.05, 0.1) is 29.4 Å². The lowest BCUT2D eigenvalue weighted by Gasteiger charge is -2.30. The number of nitrogen functional groups attached to an aromatic ring is 1. The van der Waals surface area contributed by atoms with Crippen LogP contribution in [0.4, 0.5) is 11.4 Å². The van der Waals surface area contributed by atoms with Crippen LogP contribution in [0.3, 0.4) is 0 Å². The van der Waals surface area contributed by atoms with Gasteiger partial charge in [0.25, 0.3) is 5.69 Å². The molecule has 4 rings (SSSR count). The van der Waals surface area contributed by atoms with Gasteiger partial charge in [-0.05, 0) is 18.2 Å². The number of halogens is 2. The number of nitro groups is 1. The minimum Gasteiger partial charge on any atom is -0.491 e. The summed E-state index contributed by atoms with van der Waals surface area (Å²) in [6.45, 7) is 0.708. The van der Waals surface area contributed by atoms with Crippen LogP contribution in [0.25, 0.3) is 0 Å². The largest absolute Gasteiger partial charge is 0.491 e. The minimum atomic E-state index is -1.16. The van der Waals surface area contributed by atoms with E-state index in [0.717, 1.165) is 0 Å². The Kier molecular flexibility index (Phi) is 6.01. The summed E-state index contributed by atoms with van der Waals surface area (Å²) in [5.74, 6) is -0.770. The number of hydrogen-bond acceptors (Lipinski definition) is 7. The van der Waals surface area contributed by atoms with E-state index in [-0.39, 0.29) is 24.6 Å². The molecule has 0 saturated carbocycles. The molecule has 3 aromatic rings. The standard InChI is InChI=1S/C20H18Cl2N4O5/c21-13-1-3-16(17(22)7-13)20(11-25-6-5-24-12-25)30-10-15(31-20)9-29-14-2-4-19(26(27)28)18(23)8-14/h1-8,12,15H,9-11,23H2/t15-,20-/m1/s1. The van der Waals surface area contributed by atoms with Crippen LogP contribution in [0, 0.1) is 10.1 Å². The number of aromatic nitrogens is 2. The molecule has 1 fully saturated rings. The Balaban J connectivity index is 1.52. The number of hydrogen-bond donors (Lipinski definition) is 1. The van der Waals surface area contributed by atoms with Crippen molar-refractivity contribution in [3.8, 4) is 5.75 Å². The van der Waals surface area contributed by atoms with Gasteiger partial charge in [0.15, 0.2) is 0 Å². The molecule has 11 heteroatoms.